The number of esters is 1. The molecule has 0 N–H and O–H groups in total. The molecular formula is C21H23NO4S. The predicted molar refractivity (Wildman–Crippen MR) is 102 cm³/mol. The van der Waals surface area contributed by atoms with E-state index in [-0.39, 0.29) is 42.1 Å². The maximum Gasteiger partial charge on any atom is 0.341 e. The number of thiophene rings is 1. The number of carbonyl (C=O) groups excluding carboxylic acids is 3. The first kappa shape index (κ1) is 17.2. The number of fused-ring (bicyclic) bond motifs is 6. The van der Waals surface area contributed by atoms with Crippen LogP contribution in [-0.2, 0) is 27.2 Å². The normalized spacial score (nSPS) is 33.6. The Bertz CT molecular complexity index is 855. The molecule has 1 aromatic rings. The van der Waals surface area contributed by atoms with Gasteiger partial charge in [-0.05, 0) is 55.9 Å². The van der Waals surface area contributed by atoms with Crippen LogP contribution < -0.4 is 4.90 Å². The average Bonchev–Trinajstić information content (AvgIpc) is 3.36. The first-order chi connectivity index (χ1) is 13.0. The highest BCUT2D eigenvalue weighted by molar-refractivity contribution is 7.17. The van der Waals surface area contributed by atoms with Crippen molar-refractivity contribution in [2.75, 3.05) is 11.5 Å². The second kappa shape index (κ2) is 6.03. The molecule has 0 aromatic carbocycles. The summed E-state index contributed by atoms with van der Waals surface area (Å²) in [6.45, 7) is 4.26. The van der Waals surface area contributed by atoms with Crippen LogP contribution in [0.4, 0.5) is 5.00 Å². The molecule has 2 fully saturated rings. The summed E-state index contributed by atoms with van der Waals surface area (Å²) in [5.41, 5.74) is 1.45. The number of amides is 2. The highest BCUT2D eigenvalue weighted by Gasteiger charge is 2.60. The van der Waals surface area contributed by atoms with Gasteiger partial charge in [-0.1, -0.05) is 19.1 Å². The van der Waals surface area contributed by atoms with Gasteiger partial charge in [-0.3, -0.25) is 9.59 Å². The van der Waals surface area contributed by atoms with Gasteiger partial charge in [-0.2, -0.15) is 0 Å². The van der Waals surface area contributed by atoms with Gasteiger partial charge in [0.1, 0.15) is 5.00 Å². The number of hydrogen-bond donors (Lipinski definition) is 0. The zero-order valence-corrected chi connectivity index (χ0v) is 16.4. The Balaban J connectivity index is 1.60. The van der Waals surface area contributed by atoms with Gasteiger partial charge in [-0.25, -0.2) is 9.69 Å². The lowest BCUT2D eigenvalue weighted by molar-refractivity contribution is -0.123. The second-order valence-electron chi connectivity index (χ2n) is 8.26. The fourth-order valence-electron chi connectivity index (χ4n) is 5.41. The molecule has 4 aliphatic rings. The number of allylic oxidation sites excluding steroid dienone is 2. The maximum atomic E-state index is 13.2. The van der Waals surface area contributed by atoms with E-state index in [2.05, 4.69) is 19.1 Å². The highest BCUT2D eigenvalue weighted by Crippen LogP contribution is 2.55. The van der Waals surface area contributed by atoms with Crippen molar-refractivity contribution in [1.29, 1.82) is 0 Å². The van der Waals surface area contributed by atoms with Crippen LogP contribution in [0.2, 0.25) is 0 Å². The van der Waals surface area contributed by atoms with E-state index in [1.54, 1.807) is 6.92 Å². The lowest BCUT2D eigenvalue weighted by Gasteiger charge is -2.19. The number of ether oxygens (including phenoxy) is 1. The van der Waals surface area contributed by atoms with Gasteiger partial charge < -0.3 is 4.74 Å². The quantitative estimate of drug-likeness (QED) is 0.455. The number of anilines is 1. The van der Waals surface area contributed by atoms with Crippen molar-refractivity contribution in [2.24, 2.45) is 29.6 Å². The third-order valence-electron chi connectivity index (χ3n) is 6.65. The lowest BCUT2D eigenvalue weighted by atomic mass is 9.85. The van der Waals surface area contributed by atoms with Crippen LogP contribution in [0.15, 0.2) is 12.2 Å². The monoisotopic (exact) mass is 385 g/mol. The average molecular weight is 385 g/mol. The Labute approximate surface area is 162 Å². The van der Waals surface area contributed by atoms with Gasteiger partial charge >= 0.3 is 5.97 Å². The Morgan fingerprint density at radius 2 is 1.89 bits per heavy atom. The molecule has 142 valence electrons. The Morgan fingerprint density at radius 3 is 2.52 bits per heavy atom. The van der Waals surface area contributed by atoms with Crippen LogP contribution in [0.25, 0.3) is 0 Å². The fourth-order valence-corrected chi connectivity index (χ4v) is 6.92. The van der Waals surface area contributed by atoms with Crippen molar-refractivity contribution in [1.82, 2.24) is 0 Å². The third-order valence-corrected chi connectivity index (χ3v) is 7.89. The zero-order valence-electron chi connectivity index (χ0n) is 15.6. The van der Waals surface area contributed by atoms with Crippen LogP contribution in [0.5, 0.6) is 0 Å². The molecule has 5 atom stereocenters. The number of rotatable bonds is 3. The van der Waals surface area contributed by atoms with Crippen LogP contribution >= 0.6 is 11.3 Å². The van der Waals surface area contributed by atoms with E-state index in [9.17, 15) is 14.4 Å². The summed E-state index contributed by atoms with van der Waals surface area (Å²) in [7, 11) is 0. The fraction of sp³-hybridized carbons (Fsp3) is 0.571. The van der Waals surface area contributed by atoms with E-state index >= 15 is 0 Å². The molecule has 6 heteroatoms. The minimum absolute atomic E-state index is 0.126. The summed E-state index contributed by atoms with van der Waals surface area (Å²) < 4.78 is 5.30. The third kappa shape index (κ3) is 2.32. The Kier molecular flexibility index (Phi) is 3.83. The number of nitrogens with zero attached hydrogens (tertiary/aromatic N) is 1. The number of imide groups is 1. The summed E-state index contributed by atoms with van der Waals surface area (Å²) >= 11 is 1.45. The number of hydrogen-bond acceptors (Lipinski definition) is 5. The summed E-state index contributed by atoms with van der Waals surface area (Å²) in [5, 5.41) is 0.511. The van der Waals surface area contributed by atoms with Gasteiger partial charge in [0, 0.05) is 4.88 Å². The maximum absolute atomic E-state index is 13.2. The molecule has 1 saturated carbocycles. The minimum atomic E-state index is -0.404. The predicted octanol–water partition coefficient (Wildman–Crippen LogP) is 3.36. The van der Waals surface area contributed by atoms with E-state index in [0.29, 0.717) is 16.5 Å². The topological polar surface area (TPSA) is 63.7 Å². The standard InChI is InChI=1S/C21H23NO4S/c1-3-26-21(25)17-13-7-4-10(2)8-14(13)27-20(17)22-18(23)15-11-5-6-12(9-11)16(15)19(22)24/h5-6,10-12,15-16H,3-4,7-9H2,1-2H3/t10-,11-,12+,15+,16-/m1/s1. The van der Waals surface area contributed by atoms with Crippen molar-refractivity contribution in [3.05, 3.63) is 28.2 Å². The zero-order chi connectivity index (χ0) is 18.9. The molecule has 1 saturated heterocycles. The van der Waals surface area contributed by atoms with Crippen molar-refractivity contribution in [3.8, 4) is 0 Å². The SMILES string of the molecule is CCOC(=O)c1c(N2C(=O)[C@@H]3[C@H](C2=O)[C@H]2C=C[C@@H]3C2)sc2c1CC[C@@H](C)C2. The molecule has 5 nitrogen and oxygen atoms in total. The van der Waals surface area contributed by atoms with Crippen molar-refractivity contribution >= 4 is 34.1 Å². The summed E-state index contributed by atoms with van der Waals surface area (Å²) in [6, 6.07) is 0. The van der Waals surface area contributed by atoms with Crippen molar-refractivity contribution < 1.29 is 19.1 Å². The Hall–Kier alpha value is -1.95. The van der Waals surface area contributed by atoms with E-state index < -0.39 is 5.97 Å². The molecule has 27 heavy (non-hydrogen) atoms. The molecule has 1 aromatic heterocycles. The van der Waals surface area contributed by atoms with Gasteiger partial charge in [0.15, 0.2) is 0 Å². The van der Waals surface area contributed by atoms with Crippen molar-refractivity contribution in [3.63, 3.8) is 0 Å². The van der Waals surface area contributed by atoms with Crippen LogP contribution in [0, 0.1) is 29.6 Å². The lowest BCUT2D eigenvalue weighted by Crippen LogP contribution is -2.33. The molecule has 0 radical (unpaired) electrons. The van der Waals surface area contributed by atoms with Gasteiger partial charge in [-0.15, -0.1) is 11.3 Å². The molecule has 2 amide bonds. The highest BCUT2D eigenvalue weighted by atomic mass is 32.1. The summed E-state index contributed by atoms with van der Waals surface area (Å²) in [4.78, 5) is 41.7. The van der Waals surface area contributed by atoms with Gasteiger partial charge in [0.2, 0.25) is 11.8 Å². The smallest absolute Gasteiger partial charge is 0.341 e. The first-order valence-corrected chi connectivity index (χ1v) is 10.7. The summed E-state index contributed by atoms with van der Waals surface area (Å²) in [5.74, 6) is -0.273. The van der Waals surface area contributed by atoms with Crippen LogP contribution in [-0.4, -0.2) is 24.4 Å². The Morgan fingerprint density at radius 1 is 1.22 bits per heavy atom. The minimum Gasteiger partial charge on any atom is -0.462 e. The summed E-state index contributed by atoms with van der Waals surface area (Å²) in [6.07, 6.45) is 7.79. The van der Waals surface area contributed by atoms with Crippen LogP contribution in [0.3, 0.4) is 0 Å². The van der Waals surface area contributed by atoms with Gasteiger partial charge in [0.05, 0.1) is 24.0 Å². The van der Waals surface area contributed by atoms with E-state index in [1.165, 1.54) is 16.2 Å². The van der Waals surface area contributed by atoms with E-state index in [1.807, 2.05) is 0 Å². The number of carbonyl (C=O) groups is 3. The molecule has 2 heterocycles. The molecule has 5 rings (SSSR count). The van der Waals surface area contributed by atoms with Crippen LogP contribution in [0.1, 0.15) is 47.5 Å². The first-order valence-electron chi connectivity index (χ1n) is 9.89. The molecule has 3 aliphatic carbocycles. The molecule has 0 unspecified atom stereocenters. The largest absolute Gasteiger partial charge is 0.462 e. The van der Waals surface area contributed by atoms with Gasteiger partial charge in [0.25, 0.3) is 0 Å². The van der Waals surface area contributed by atoms with Crippen molar-refractivity contribution in [2.45, 2.75) is 39.5 Å². The molecule has 2 bridgehead atoms. The molecule has 0 spiro atoms. The molecular weight excluding hydrogens is 362 g/mol. The van der Waals surface area contributed by atoms with E-state index in [4.69, 9.17) is 4.74 Å². The second-order valence-corrected chi connectivity index (χ2v) is 9.35. The van der Waals surface area contributed by atoms with E-state index in [0.717, 1.165) is 36.1 Å². The molecule has 1 aliphatic heterocycles.